The van der Waals surface area contributed by atoms with Gasteiger partial charge in [0.05, 0.1) is 12.8 Å². The molecule has 2 aromatic rings. The minimum absolute atomic E-state index is 0.246. The summed E-state index contributed by atoms with van der Waals surface area (Å²) in [5.74, 6) is -0.125. The number of benzene rings is 1. The van der Waals surface area contributed by atoms with E-state index in [0.717, 1.165) is 16.1 Å². The highest BCUT2D eigenvalue weighted by Gasteiger charge is 2.08. The summed E-state index contributed by atoms with van der Waals surface area (Å²) in [5.41, 5.74) is 1.65. The van der Waals surface area contributed by atoms with Crippen molar-refractivity contribution in [1.82, 2.24) is 4.98 Å². The second kappa shape index (κ2) is 4.35. The van der Waals surface area contributed by atoms with E-state index in [-0.39, 0.29) is 11.6 Å². The third-order valence-corrected chi connectivity index (χ3v) is 3.42. The molecular formula is C11H10FNOS2. The monoisotopic (exact) mass is 255 g/mol. The molecule has 0 amide bonds. The van der Waals surface area contributed by atoms with Gasteiger partial charge in [-0.3, -0.25) is 0 Å². The maximum Gasteiger partial charge on any atom is 0.165 e. The standard InChI is InChI=1S/C11H10FNOS2/c1-6-10(13-11(15)16-6)7-3-4-9(14-2)8(12)5-7/h3-5H,1-2H3,(H,13,15). The first-order valence-electron chi connectivity index (χ1n) is 4.65. The Morgan fingerprint density at radius 3 is 2.69 bits per heavy atom. The van der Waals surface area contributed by atoms with E-state index >= 15 is 0 Å². The molecule has 0 saturated carbocycles. The molecule has 0 aliphatic carbocycles. The van der Waals surface area contributed by atoms with Gasteiger partial charge in [-0.25, -0.2) is 4.39 Å². The first-order valence-corrected chi connectivity index (χ1v) is 5.88. The molecule has 2 rings (SSSR count). The Labute approximate surface area is 102 Å². The smallest absolute Gasteiger partial charge is 0.165 e. The number of aromatic nitrogens is 1. The van der Waals surface area contributed by atoms with Gasteiger partial charge in [0.2, 0.25) is 0 Å². The van der Waals surface area contributed by atoms with Crippen molar-refractivity contribution in [3.05, 3.63) is 32.8 Å². The van der Waals surface area contributed by atoms with Gasteiger partial charge >= 0.3 is 0 Å². The first-order chi connectivity index (χ1) is 7.61. The van der Waals surface area contributed by atoms with E-state index in [1.54, 1.807) is 6.07 Å². The summed E-state index contributed by atoms with van der Waals surface area (Å²) in [5, 5.41) is 0. The summed E-state index contributed by atoms with van der Waals surface area (Å²) in [6.07, 6.45) is 0. The maximum atomic E-state index is 13.5. The minimum atomic E-state index is -0.370. The molecule has 0 unspecified atom stereocenters. The van der Waals surface area contributed by atoms with Gasteiger partial charge in [0.15, 0.2) is 15.5 Å². The molecule has 0 saturated heterocycles. The van der Waals surface area contributed by atoms with Crippen molar-refractivity contribution >= 4 is 23.6 Å². The SMILES string of the molecule is COc1ccc(-c2[nH]c(=S)sc2C)cc1F. The Hall–Kier alpha value is -1.20. The van der Waals surface area contributed by atoms with Crippen molar-refractivity contribution < 1.29 is 9.13 Å². The van der Waals surface area contributed by atoms with Gasteiger partial charge in [-0.15, -0.1) is 11.3 Å². The molecule has 16 heavy (non-hydrogen) atoms. The predicted octanol–water partition coefficient (Wildman–Crippen LogP) is 3.93. The lowest BCUT2D eigenvalue weighted by atomic mass is 10.1. The molecule has 1 heterocycles. The van der Waals surface area contributed by atoms with E-state index < -0.39 is 0 Å². The third kappa shape index (κ3) is 2.01. The molecule has 0 radical (unpaired) electrons. The highest BCUT2D eigenvalue weighted by Crippen LogP contribution is 2.28. The number of thiazole rings is 1. The van der Waals surface area contributed by atoms with Crippen LogP contribution in [0.15, 0.2) is 18.2 Å². The van der Waals surface area contributed by atoms with E-state index in [2.05, 4.69) is 4.98 Å². The summed E-state index contributed by atoms with van der Waals surface area (Å²) in [4.78, 5) is 4.10. The van der Waals surface area contributed by atoms with Crippen molar-refractivity contribution in [2.45, 2.75) is 6.92 Å². The number of aryl methyl sites for hydroxylation is 1. The number of aromatic amines is 1. The lowest BCUT2D eigenvalue weighted by Gasteiger charge is -2.04. The van der Waals surface area contributed by atoms with Gasteiger partial charge in [0.1, 0.15) is 0 Å². The van der Waals surface area contributed by atoms with Gasteiger partial charge in [-0.2, -0.15) is 0 Å². The molecule has 1 N–H and O–H groups in total. The quantitative estimate of drug-likeness (QED) is 0.822. The van der Waals surface area contributed by atoms with Crippen LogP contribution in [0.1, 0.15) is 4.88 Å². The molecule has 0 spiro atoms. The zero-order chi connectivity index (χ0) is 11.7. The summed E-state index contributed by atoms with van der Waals surface area (Å²) in [7, 11) is 1.45. The molecular weight excluding hydrogens is 245 g/mol. The average molecular weight is 255 g/mol. The topological polar surface area (TPSA) is 25.0 Å². The van der Waals surface area contributed by atoms with Crippen LogP contribution in [0, 0.1) is 16.7 Å². The molecule has 0 aliphatic rings. The zero-order valence-electron chi connectivity index (χ0n) is 8.83. The molecule has 1 aromatic heterocycles. The molecule has 84 valence electrons. The van der Waals surface area contributed by atoms with Gasteiger partial charge in [-0.05, 0) is 37.3 Å². The summed E-state index contributed by atoms with van der Waals surface area (Å²) in [6, 6.07) is 4.86. The van der Waals surface area contributed by atoms with E-state index in [1.165, 1.54) is 24.5 Å². The largest absolute Gasteiger partial charge is 0.494 e. The van der Waals surface area contributed by atoms with Crippen LogP contribution in [0.5, 0.6) is 5.75 Å². The fourth-order valence-electron chi connectivity index (χ4n) is 1.50. The first kappa shape index (κ1) is 11.3. The lowest BCUT2D eigenvalue weighted by molar-refractivity contribution is 0.386. The van der Waals surface area contributed by atoms with Crippen LogP contribution in [0.2, 0.25) is 0 Å². The summed E-state index contributed by atoms with van der Waals surface area (Å²) >= 11 is 6.53. The van der Waals surface area contributed by atoms with E-state index in [1.807, 2.05) is 13.0 Å². The van der Waals surface area contributed by atoms with Gasteiger partial charge in [-0.1, -0.05) is 0 Å². The van der Waals surface area contributed by atoms with Crippen molar-refractivity contribution in [1.29, 1.82) is 0 Å². The predicted molar refractivity (Wildman–Crippen MR) is 66.2 cm³/mol. The zero-order valence-corrected chi connectivity index (χ0v) is 10.5. The van der Waals surface area contributed by atoms with Crippen LogP contribution in [0.3, 0.4) is 0 Å². The van der Waals surface area contributed by atoms with Gasteiger partial charge in [0, 0.05) is 10.4 Å². The number of H-pyrrole nitrogens is 1. The van der Waals surface area contributed by atoms with Crippen LogP contribution < -0.4 is 4.74 Å². The Kier molecular flexibility index (Phi) is 3.07. The van der Waals surface area contributed by atoms with Crippen LogP contribution >= 0.6 is 23.6 Å². The molecule has 2 nitrogen and oxygen atoms in total. The summed E-state index contributed by atoms with van der Waals surface area (Å²) < 4.78 is 19.1. The average Bonchev–Trinajstić information content (AvgIpc) is 2.58. The second-order valence-corrected chi connectivity index (χ2v) is 5.19. The van der Waals surface area contributed by atoms with E-state index in [9.17, 15) is 4.39 Å². The third-order valence-electron chi connectivity index (χ3n) is 2.27. The van der Waals surface area contributed by atoms with Crippen LogP contribution in [-0.4, -0.2) is 12.1 Å². The Morgan fingerprint density at radius 1 is 1.44 bits per heavy atom. The Balaban J connectivity index is 2.53. The van der Waals surface area contributed by atoms with Crippen LogP contribution in [0.25, 0.3) is 11.3 Å². The number of methoxy groups -OCH3 is 1. The normalized spacial score (nSPS) is 10.4. The lowest BCUT2D eigenvalue weighted by Crippen LogP contribution is -1.89. The molecule has 0 aliphatic heterocycles. The number of hydrogen-bond donors (Lipinski definition) is 1. The van der Waals surface area contributed by atoms with Crippen molar-refractivity contribution in [2.24, 2.45) is 0 Å². The number of rotatable bonds is 2. The molecule has 5 heteroatoms. The molecule has 0 atom stereocenters. The van der Waals surface area contributed by atoms with E-state index in [4.69, 9.17) is 17.0 Å². The Bertz CT molecular complexity index is 574. The second-order valence-electron chi connectivity index (χ2n) is 3.30. The Morgan fingerprint density at radius 2 is 2.19 bits per heavy atom. The van der Waals surface area contributed by atoms with Gasteiger partial charge in [0.25, 0.3) is 0 Å². The van der Waals surface area contributed by atoms with E-state index in [0.29, 0.717) is 3.95 Å². The number of ether oxygens (including phenoxy) is 1. The van der Waals surface area contributed by atoms with Gasteiger partial charge < -0.3 is 9.72 Å². The molecule has 0 fully saturated rings. The van der Waals surface area contributed by atoms with Crippen LogP contribution in [-0.2, 0) is 0 Å². The summed E-state index contributed by atoms with van der Waals surface area (Å²) in [6.45, 7) is 1.95. The maximum absolute atomic E-state index is 13.5. The fourth-order valence-corrected chi connectivity index (χ4v) is 2.68. The fraction of sp³-hybridized carbons (Fsp3) is 0.182. The number of nitrogens with one attached hydrogen (secondary N) is 1. The highest BCUT2D eigenvalue weighted by atomic mass is 32.1. The van der Waals surface area contributed by atoms with Crippen LogP contribution in [0.4, 0.5) is 4.39 Å². The number of halogens is 1. The van der Waals surface area contributed by atoms with Crippen molar-refractivity contribution in [2.75, 3.05) is 7.11 Å². The molecule has 1 aromatic carbocycles. The minimum Gasteiger partial charge on any atom is -0.494 e. The molecule has 0 bridgehead atoms. The highest BCUT2D eigenvalue weighted by molar-refractivity contribution is 7.73. The number of hydrogen-bond acceptors (Lipinski definition) is 3. The van der Waals surface area contributed by atoms with Crippen molar-refractivity contribution in [3.63, 3.8) is 0 Å². The van der Waals surface area contributed by atoms with Crippen molar-refractivity contribution in [3.8, 4) is 17.0 Å².